The molecule has 12 heteroatoms. The molecule has 1 aromatic heterocycles. The van der Waals surface area contributed by atoms with E-state index in [4.69, 9.17) is 0 Å². The number of hydrogen-bond donors (Lipinski definition) is 2. The van der Waals surface area contributed by atoms with Gasteiger partial charge in [0.25, 0.3) is 0 Å². The van der Waals surface area contributed by atoms with E-state index in [2.05, 4.69) is 9.97 Å². The van der Waals surface area contributed by atoms with Gasteiger partial charge in [-0.2, -0.15) is 26.3 Å². The predicted octanol–water partition coefficient (Wildman–Crippen LogP) is 5.13. The van der Waals surface area contributed by atoms with Crippen LogP contribution in [0.5, 0.6) is 0 Å². The molecule has 152 valence electrons. The summed E-state index contributed by atoms with van der Waals surface area (Å²) in [5.74, 6) is 0. The van der Waals surface area contributed by atoms with Crippen molar-refractivity contribution in [2.45, 2.75) is 48.1 Å². The van der Waals surface area contributed by atoms with Gasteiger partial charge >= 0.3 is 12.4 Å². The van der Waals surface area contributed by atoms with Crippen LogP contribution >= 0.6 is 11.8 Å². The Morgan fingerprint density at radius 2 is 1.61 bits per heavy atom. The van der Waals surface area contributed by atoms with Gasteiger partial charge in [-0.1, -0.05) is 0 Å². The minimum absolute atomic E-state index is 0.0293. The zero-order valence-corrected chi connectivity index (χ0v) is 14.8. The van der Waals surface area contributed by atoms with Crippen molar-refractivity contribution in [3.63, 3.8) is 0 Å². The first-order chi connectivity index (χ1) is 13.0. The minimum Gasteiger partial charge on any atom is -0.264 e. The van der Waals surface area contributed by atoms with Gasteiger partial charge in [-0.25, -0.2) is 9.97 Å². The summed E-state index contributed by atoms with van der Waals surface area (Å²) in [7, 11) is 0. The lowest BCUT2D eigenvalue weighted by molar-refractivity contribution is -0.142. The number of nitrogens with zero attached hydrogens (tertiary/aromatic N) is 3. The van der Waals surface area contributed by atoms with E-state index in [0.29, 0.717) is 43.2 Å². The molecule has 2 N–H and O–H groups in total. The fourth-order valence-electron chi connectivity index (χ4n) is 2.89. The number of rotatable bonds is 3. The molecule has 0 fully saturated rings. The predicted molar refractivity (Wildman–Crippen MR) is 85.3 cm³/mol. The first-order valence-corrected chi connectivity index (χ1v) is 8.82. The zero-order chi connectivity index (χ0) is 20.7. The molecule has 0 saturated heterocycles. The summed E-state index contributed by atoms with van der Waals surface area (Å²) in [6.07, 6.45) is -7.67. The van der Waals surface area contributed by atoms with E-state index in [1.807, 2.05) is 0 Å². The van der Waals surface area contributed by atoms with Gasteiger partial charge < -0.3 is 0 Å². The monoisotopic (exact) mass is 425 g/mol. The number of aromatic nitrogens is 2. The average molecular weight is 425 g/mol. The quantitative estimate of drug-likeness (QED) is 0.404. The van der Waals surface area contributed by atoms with Crippen molar-refractivity contribution >= 4 is 17.4 Å². The van der Waals surface area contributed by atoms with Crippen LogP contribution in [0, 0.1) is 0 Å². The Balaban J connectivity index is 2.04. The molecule has 3 rings (SSSR count). The number of alkyl halides is 6. The molecule has 0 aliphatic heterocycles. The van der Waals surface area contributed by atoms with Crippen LogP contribution in [0.15, 0.2) is 28.3 Å². The zero-order valence-electron chi connectivity index (χ0n) is 14.0. The summed E-state index contributed by atoms with van der Waals surface area (Å²) < 4.78 is 78.6. The Morgan fingerprint density at radius 1 is 0.929 bits per heavy atom. The van der Waals surface area contributed by atoms with Crippen LogP contribution in [-0.2, 0) is 25.2 Å². The van der Waals surface area contributed by atoms with Crippen molar-refractivity contribution in [1.82, 2.24) is 9.97 Å². The van der Waals surface area contributed by atoms with Gasteiger partial charge in [-0.3, -0.25) is 10.4 Å². The third-order valence-electron chi connectivity index (χ3n) is 4.13. The molecular formula is C16H13F6N3O2S. The van der Waals surface area contributed by atoms with E-state index in [1.165, 1.54) is 0 Å². The Labute approximate surface area is 158 Å². The number of fused-ring (bicyclic) bond motifs is 1. The van der Waals surface area contributed by atoms with Crippen LogP contribution < -0.4 is 5.23 Å². The Bertz CT molecular complexity index is 886. The highest BCUT2D eigenvalue weighted by Crippen LogP contribution is 2.40. The molecule has 0 atom stereocenters. The first-order valence-electron chi connectivity index (χ1n) is 8.01. The summed E-state index contributed by atoms with van der Waals surface area (Å²) in [5.41, 5.74) is -2.61. The highest BCUT2D eigenvalue weighted by atomic mass is 32.2. The molecule has 1 aromatic carbocycles. The lowest BCUT2D eigenvalue weighted by atomic mass is 9.94. The van der Waals surface area contributed by atoms with E-state index in [-0.39, 0.29) is 27.7 Å². The SMILES string of the molecule is ON(O)c1cc(C(F)(F)F)ccc1Sc1nc2c(c(C(F)(F)F)n1)CCCC2. The molecule has 1 aliphatic carbocycles. The van der Waals surface area contributed by atoms with E-state index in [1.54, 1.807) is 0 Å². The molecule has 0 bridgehead atoms. The first kappa shape index (κ1) is 20.7. The number of halogens is 6. The van der Waals surface area contributed by atoms with Gasteiger partial charge in [-0.15, -0.1) is 5.23 Å². The molecule has 0 spiro atoms. The Hall–Kier alpha value is -2.05. The van der Waals surface area contributed by atoms with Crippen molar-refractivity contribution < 1.29 is 36.8 Å². The smallest absolute Gasteiger partial charge is 0.264 e. The second-order valence-corrected chi connectivity index (χ2v) is 7.07. The maximum Gasteiger partial charge on any atom is 0.433 e. The maximum absolute atomic E-state index is 13.4. The Morgan fingerprint density at radius 3 is 2.21 bits per heavy atom. The van der Waals surface area contributed by atoms with E-state index in [0.717, 1.165) is 6.07 Å². The lowest BCUT2D eigenvalue weighted by Crippen LogP contribution is -2.19. The van der Waals surface area contributed by atoms with Crippen LogP contribution in [0.3, 0.4) is 0 Å². The second-order valence-electron chi connectivity index (χ2n) is 6.06. The largest absolute Gasteiger partial charge is 0.433 e. The van der Waals surface area contributed by atoms with Crippen molar-refractivity contribution in [3.05, 3.63) is 40.7 Å². The van der Waals surface area contributed by atoms with Crippen LogP contribution in [-0.4, -0.2) is 20.4 Å². The summed E-state index contributed by atoms with van der Waals surface area (Å²) in [6, 6.07) is 2.06. The van der Waals surface area contributed by atoms with Crippen molar-refractivity contribution in [3.8, 4) is 0 Å². The average Bonchev–Trinajstić information content (AvgIpc) is 2.59. The van der Waals surface area contributed by atoms with Crippen LogP contribution in [0.2, 0.25) is 0 Å². The van der Waals surface area contributed by atoms with E-state index < -0.39 is 34.5 Å². The van der Waals surface area contributed by atoms with E-state index in [9.17, 15) is 36.8 Å². The number of benzene rings is 1. The third-order valence-corrected chi connectivity index (χ3v) is 5.06. The normalized spacial score (nSPS) is 14.7. The third kappa shape index (κ3) is 4.33. The number of aryl methyl sites for hydroxylation is 1. The number of hydrogen-bond acceptors (Lipinski definition) is 6. The van der Waals surface area contributed by atoms with Gasteiger partial charge in [0, 0.05) is 16.2 Å². The van der Waals surface area contributed by atoms with Gasteiger partial charge in [0.2, 0.25) is 0 Å². The van der Waals surface area contributed by atoms with Crippen molar-refractivity contribution in [1.29, 1.82) is 0 Å². The molecule has 28 heavy (non-hydrogen) atoms. The molecule has 0 radical (unpaired) electrons. The molecule has 0 amide bonds. The van der Waals surface area contributed by atoms with Gasteiger partial charge in [-0.05, 0) is 55.6 Å². The molecule has 0 saturated carbocycles. The summed E-state index contributed by atoms with van der Waals surface area (Å²) in [6.45, 7) is 0. The summed E-state index contributed by atoms with van der Waals surface area (Å²) >= 11 is 0.514. The summed E-state index contributed by atoms with van der Waals surface area (Å²) in [5, 5.41) is 17.6. The standard InChI is InChI=1S/C16H13F6N3O2S/c17-15(18,19)8-5-6-12(11(7-8)25(26)27)28-14-23-10-4-2-1-3-9(10)13(24-14)16(20,21)22/h5-7,26-27H,1-4H2. The topological polar surface area (TPSA) is 69.5 Å². The van der Waals surface area contributed by atoms with Gasteiger partial charge in [0.15, 0.2) is 10.9 Å². The fourth-order valence-corrected chi connectivity index (χ4v) is 3.76. The lowest BCUT2D eigenvalue weighted by Gasteiger charge is -2.21. The number of anilines is 1. The summed E-state index contributed by atoms with van der Waals surface area (Å²) in [4.78, 5) is 7.50. The van der Waals surface area contributed by atoms with Gasteiger partial charge in [0.1, 0.15) is 5.69 Å². The molecule has 2 aromatic rings. The van der Waals surface area contributed by atoms with Crippen LogP contribution in [0.25, 0.3) is 0 Å². The highest BCUT2D eigenvalue weighted by Gasteiger charge is 2.38. The minimum atomic E-state index is -4.74. The molecule has 1 aliphatic rings. The van der Waals surface area contributed by atoms with Gasteiger partial charge in [0.05, 0.1) is 5.56 Å². The van der Waals surface area contributed by atoms with Crippen molar-refractivity contribution in [2.24, 2.45) is 0 Å². The molecular weight excluding hydrogens is 412 g/mol. The molecule has 1 heterocycles. The van der Waals surface area contributed by atoms with Crippen LogP contribution in [0.1, 0.15) is 35.4 Å². The maximum atomic E-state index is 13.4. The van der Waals surface area contributed by atoms with Crippen molar-refractivity contribution in [2.75, 3.05) is 5.23 Å². The van der Waals surface area contributed by atoms with Crippen LogP contribution in [0.4, 0.5) is 32.0 Å². The second kappa shape index (κ2) is 7.41. The fraction of sp³-hybridized carbons (Fsp3) is 0.375. The highest BCUT2D eigenvalue weighted by molar-refractivity contribution is 7.99. The Kier molecular flexibility index (Phi) is 5.47. The molecule has 5 nitrogen and oxygen atoms in total. The van der Waals surface area contributed by atoms with E-state index >= 15 is 0 Å². The molecule has 0 unspecified atom stereocenters.